The van der Waals surface area contributed by atoms with E-state index in [2.05, 4.69) is 92.1 Å². The summed E-state index contributed by atoms with van der Waals surface area (Å²) in [4.78, 5) is 13.3. The zero-order chi connectivity index (χ0) is 62.3. The van der Waals surface area contributed by atoms with Gasteiger partial charge < -0.3 is 65.1 Å². The Morgan fingerprint density at radius 3 is 1.28 bits per heavy atom. The van der Waals surface area contributed by atoms with Crippen molar-refractivity contribution in [1.82, 2.24) is 5.32 Å². The monoisotopic (exact) mass is 1210 g/mol. The first-order valence-electron chi connectivity index (χ1n) is 34.8. The number of amides is 1. The minimum absolute atomic E-state index is 0.250. The van der Waals surface area contributed by atoms with Gasteiger partial charge in [0, 0.05) is 6.42 Å². The van der Waals surface area contributed by atoms with Crippen molar-refractivity contribution in [3.05, 3.63) is 85.1 Å². The topological polar surface area (TPSA) is 228 Å². The van der Waals surface area contributed by atoms with E-state index >= 15 is 0 Å². The van der Waals surface area contributed by atoms with Crippen molar-refractivity contribution in [3.63, 3.8) is 0 Å². The molecule has 498 valence electrons. The molecule has 12 unspecified atom stereocenters. The van der Waals surface area contributed by atoms with Gasteiger partial charge in [-0.1, -0.05) is 272 Å². The number of carbonyl (C=O) groups is 1. The van der Waals surface area contributed by atoms with Crippen LogP contribution in [0.5, 0.6) is 0 Å². The summed E-state index contributed by atoms with van der Waals surface area (Å²) in [6.45, 7) is 2.69. The van der Waals surface area contributed by atoms with Crippen LogP contribution in [0.15, 0.2) is 85.1 Å². The highest BCUT2D eigenvalue weighted by Gasteiger charge is 2.51. The Kier molecular flexibility index (Phi) is 51.8. The van der Waals surface area contributed by atoms with E-state index in [0.29, 0.717) is 12.8 Å². The Balaban J connectivity index is 1.68. The van der Waals surface area contributed by atoms with Crippen molar-refractivity contribution >= 4 is 5.91 Å². The maximum absolute atomic E-state index is 13.3. The van der Waals surface area contributed by atoms with Crippen LogP contribution in [-0.4, -0.2) is 140 Å². The fourth-order valence-electron chi connectivity index (χ4n) is 11.0. The molecule has 0 aromatic heterocycles. The quantitative estimate of drug-likeness (QED) is 0.0204. The lowest BCUT2D eigenvalue weighted by Crippen LogP contribution is -2.65. The first kappa shape index (κ1) is 79.3. The first-order chi connectivity index (χ1) is 42.1. The average Bonchev–Trinajstić information content (AvgIpc) is 2.54. The van der Waals surface area contributed by atoms with E-state index in [4.69, 9.17) is 18.9 Å². The molecule has 0 bridgehead atoms. The van der Waals surface area contributed by atoms with Crippen LogP contribution in [0, 0.1) is 0 Å². The predicted molar refractivity (Wildman–Crippen MR) is 350 cm³/mol. The number of carbonyl (C=O) groups excluding carboxylic acids is 1. The average molecular weight is 1210 g/mol. The molecule has 2 aliphatic heterocycles. The van der Waals surface area contributed by atoms with E-state index in [1.54, 1.807) is 6.08 Å². The molecule has 1 amide bonds. The highest BCUT2D eigenvalue weighted by Crippen LogP contribution is 2.30. The molecular weight excluding hydrogens is 1090 g/mol. The van der Waals surface area contributed by atoms with Crippen molar-refractivity contribution in [2.24, 2.45) is 0 Å². The maximum atomic E-state index is 13.3. The summed E-state index contributed by atoms with van der Waals surface area (Å²) in [7, 11) is 0. The number of rotatable bonds is 56. The molecule has 0 aromatic rings. The Morgan fingerprint density at radius 2 is 0.814 bits per heavy atom. The molecule has 0 saturated carbocycles. The third-order valence-electron chi connectivity index (χ3n) is 16.6. The van der Waals surface area contributed by atoms with Crippen molar-refractivity contribution in [3.8, 4) is 0 Å². The van der Waals surface area contributed by atoms with E-state index in [0.717, 1.165) is 64.2 Å². The number of hydrogen-bond acceptors (Lipinski definition) is 13. The van der Waals surface area contributed by atoms with E-state index in [-0.39, 0.29) is 18.9 Å². The van der Waals surface area contributed by atoms with Gasteiger partial charge in [-0.2, -0.15) is 0 Å². The maximum Gasteiger partial charge on any atom is 0.220 e. The smallest absolute Gasteiger partial charge is 0.220 e. The molecule has 2 saturated heterocycles. The van der Waals surface area contributed by atoms with Gasteiger partial charge in [-0.3, -0.25) is 4.79 Å². The van der Waals surface area contributed by atoms with Crippen LogP contribution >= 0.6 is 0 Å². The molecule has 0 spiro atoms. The summed E-state index contributed by atoms with van der Waals surface area (Å²) in [5, 5.41) is 87.4. The van der Waals surface area contributed by atoms with Gasteiger partial charge in [0.1, 0.15) is 48.8 Å². The third-order valence-corrected chi connectivity index (χ3v) is 16.6. The van der Waals surface area contributed by atoms with Crippen LogP contribution in [0.25, 0.3) is 0 Å². The van der Waals surface area contributed by atoms with Crippen LogP contribution in [0.4, 0.5) is 0 Å². The van der Waals surface area contributed by atoms with Crippen molar-refractivity contribution in [2.75, 3.05) is 19.8 Å². The van der Waals surface area contributed by atoms with Crippen LogP contribution < -0.4 is 5.32 Å². The normalized spacial score (nSPS) is 23.9. The van der Waals surface area contributed by atoms with Crippen LogP contribution in [0.2, 0.25) is 0 Å². The van der Waals surface area contributed by atoms with Gasteiger partial charge in [0.05, 0.1) is 32.0 Å². The van der Waals surface area contributed by atoms with E-state index in [1.165, 1.54) is 173 Å². The summed E-state index contributed by atoms with van der Waals surface area (Å²) < 4.78 is 22.8. The van der Waals surface area contributed by atoms with Crippen molar-refractivity contribution < 1.29 is 64.6 Å². The second-order valence-corrected chi connectivity index (χ2v) is 24.3. The van der Waals surface area contributed by atoms with Gasteiger partial charge >= 0.3 is 0 Å². The molecule has 2 rings (SSSR count). The van der Waals surface area contributed by atoms with Gasteiger partial charge in [0.2, 0.25) is 5.91 Å². The van der Waals surface area contributed by atoms with Gasteiger partial charge in [-0.15, -0.1) is 0 Å². The molecule has 0 radical (unpaired) electrons. The minimum atomic E-state index is -1.79. The molecule has 14 heteroatoms. The highest BCUT2D eigenvalue weighted by molar-refractivity contribution is 5.76. The van der Waals surface area contributed by atoms with Gasteiger partial charge in [0.25, 0.3) is 0 Å². The summed E-state index contributed by atoms with van der Waals surface area (Å²) in [5.74, 6) is -0.250. The number of allylic oxidation sites excluding steroid dienone is 13. The standard InChI is InChI=1S/C72H127NO13/c1-3-5-7-9-11-13-15-17-19-21-23-25-26-27-28-29-30-31-32-33-34-36-38-40-42-44-46-48-50-52-54-56-64(77)73-60(61(76)55-53-51-49-47-45-43-41-39-37-35-24-22-20-18-16-14-12-10-8-6-4-2)59-83-71-69(82)67(80)70(63(58-75)85-71)86-72-68(81)66(79)65(78)62(57-74)84-72/h5,7,11,13,17,19,23,25,27-28,45,47,53,55,60-63,65-72,74-76,78-82H,3-4,6,8-10,12,14-16,18,20-22,24,26,29-44,46,48-52,54,56-59H2,1-2H3,(H,73,77)/b7-5-,13-11-,19-17-,25-23-,28-27-,47-45+,55-53+. The molecular formula is C72H127NO13. The molecule has 2 heterocycles. The van der Waals surface area contributed by atoms with Gasteiger partial charge in [0.15, 0.2) is 12.6 Å². The Hall–Kier alpha value is -2.83. The van der Waals surface area contributed by atoms with Crippen LogP contribution in [0.3, 0.4) is 0 Å². The second kappa shape index (κ2) is 56.2. The molecule has 2 fully saturated rings. The molecule has 9 N–H and O–H groups in total. The Bertz CT molecular complexity index is 1770. The van der Waals surface area contributed by atoms with Crippen LogP contribution in [0.1, 0.15) is 271 Å². The first-order valence-corrected chi connectivity index (χ1v) is 34.8. The number of aliphatic hydroxyl groups excluding tert-OH is 8. The molecule has 86 heavy (non-hydrogen) atoms. The fraction of sp³-hybridized carbons (Fsp3) is 0.792. The lowest BCUT2D eigenvalue weighted by atomic mass is 9.97. The molecule has 0 aliphatic carbocycles. The number of aliphatic hydroxyl groups is 8. The van der Waals surface area contributed by atoms with Crippen molar-refractivity contribution in [1.29, 1.82) is 0 Å². The van der Waals surface area contributed by atoms with E-state index in [1.807, 2.05) is 6.08 Å². The largest absolute Gasteiger partial charge is 0.394 e. The van der Waals surface area contributed by atoms with E-state index in [9.17, 15) is 45.6 Å². The van der Waals surface area contributed by atoms with Gasteiger partial charge in [-0.25, -0.2) is 0 Å². The number of ether oxygens (including phenoxy) is 4. The zero-order valence-electron chi connectivity index (χ0n) is 54.0. The predicted octanol–water partition coefficient (Wildman–Crippen LogP) is 14.0. The number of hydrogen-bond donors (Lipinski definition) is 9. The Morgan fingerprint density at radius 1 is 0.430 bits per heavy atom. The molecule has 14 nitrogen and oxygen atoms in total. The Labute approximate surface area is 522 Å². The number of nitrogens with one attached hydrogen (secondary N) is 1. The van der Waals surface area contributed by atoms with Gasteiger partial charge in [-0.05, 0) is 77.0 Å². The second-order valence-electron chi connectivity index (χ2n) is 24.3. The number of unbranched alkanes of at least 4 members (excludes halogenated alkanes) is 31. The molecule has 2 aliphatic rings. The highest BCUT2D eigenvalue weighted by atomic mass is 16.7. The zero-order valence-corrected chi connectivity index (χ0v) is 54.0. The SMILES string of the molecule is CC/C=C\C/C=C\C/C=C\C/C=C\C/C=C\CCCCCCCCCCCCCCCCCC(=O)NC(COC1OC(CO)C(OC2OC(CO)C(O)C(O)C2O)C(O)C1O)C(O)/C=C/CC/C=C/CCCCCCCCCCCCCCCCC. The summed E-state index contributed by atoms with van der Waals surface area (Å²) in [6, 6.07) is -0.936. The lowest BCUT2D eigenvalue weighted by molar-refractivity contribution is -0.359. The van der Waals surface area contributed by atoms with E-state index < -0.39 is 86.8 Å². The van der Waals surface area contributed by atoms with Crippen LogP contribution in [-0.2, 0) is 23.7 Å². The summed E-state index contributed by atoms with van der Waals surface area (Å²) >= 11 is 0. The minimum Gasteiger partial charge on any atom is -0.394 e. The molecule has 12 atom stereocenters. The summed E-state index contributed by atoms with van der Waals surface area (Å²) in [6.07, 6.45) is 60.6. The summed E-state index contributed by atoms with van der Waals surface area (Å²) in [5.41, 5.74) is 0. The van der Waals surface area contributed by atoms with Crippen molar-refractivity contribution in [2.45, 2.75) is 344 Å². The lowest BCUT2D eigenvalue weighted by Gasteiger charge is -2.46. The fourth-order valence-corrected chi connectivity index (χ4v) is 11.0. The third kappa shape index (κ3) is 40.0. The molecule has 0 aromatic carbocycles.